The van der Waals surface area contributed by atoms with Crippen LogP contribution in [0, 0.1) is 35.0 Å². The number of hydrogen-bond donors (Lipinski definition) is 2. The largest absolute Gasteiger partial charge is 0.511 e. The van der Waals surface area contributed by atoms with Gasteiger partial charge in [-0.15, -0.1) is 0 Å². The molecule has 37 heavy (non-hydrogen) atoms. The second-order valence-corrected chi connectivity index (χ2v) is 12.9. The number of carbonyl (C=O) groups excluding carboxylic acids is 2. The fourth-order valence-electron chi connectivity index (χ4n) is 8.67. The third-order valence-corrected chi connectivity index (χ3v) is 10.2. The maximum absolute atomic E-state index is 14.5. The van der Waals surface area contributed by atoms with Crippen LogP contribution < -0.4 is 10.6 Å². The number of aryl methyl sites for hydroxylation is 1. The number of anilines is 1. The minimum absolute atomic E-state index is 0.0138. The molecule has 3 aliphatic rings. The van der Waals surface area contributed by atoms with Crippen molar-refractivity contribution in [1.82, 2.24) is 0 Å². The predicted molar refractivity (Wildman–Crippen MR) is 151 cm³/mol. The van der Waals surface area contributed by atoms with Crippen LogP contribution in [0.5, 0.6) is 0 Å². The quantitative estimate of drug-likeness (QED) is 0.508. The van der Waals surface area contributed by atoms with E-state index in [0.29, 0.717) is 29.6 Å². The molecule has 5 nitrogen and oxygen atoms in total. The Morgan fingerprint density at radius 1 is 1.24 bits per heavy atom. The third-order valence-electron chi connectivity index (χ3n) is 10.2. The van der Waals surface area contributed by atoms with Crippen molar-refractivity contribution in [2.24, 2.45) is 33.8 Å². The van der Waals surface area contributed by atoms with E-state index in [-0.39, 0.29) is 23.4 Å². The Labute approximate surface area is 222 Å². The van der Waals surface area contributed by atoms with Gasteiger partial charge in [-0.05, 0) is 85.6 Å². The van der Waals surface area contributed by atoms with Gasteiger partial charge in [-0.1, -0.05) is 46.8 Å². The number of carbonyl (C=O) groups is 2. The van der Waals surface area contributed by atoms with E-state index in [4.69, 9.17) is 5.73 Å². The fraction of sp³-hybridized carbons (Fsp3) is 0.562. The lowest BCUT2D eigenvalue weighted by Gasteiger charge is -2.63. The smallest absolute Gasteiger partial charge is 0.248 e. The molecular formula is C32H44N2O3. The van der Waals surface area contributed by atoms with Crippen molar-refractivity contribution in [3.63, 3.8) is 0 Å². The van der Waals surface area contributed by atoms with Crippen LogP contribution in [0.4, 0.5) is 5.69 Å². The van der Waals surface area contributed by atoms with Gasteiger partial charge in [0.2, 0.25) is 5.91 Å². The monoisotopic (exact) mass is 504 g/mol. The highest BCUT2D eigenvalue weighted by atomic mass is 16.3. The average molecular weight is 505 g/mol. The van der Waals surface area contributed by atoms with Gasteiger partial charge in [-0.3, -0.25) is 9.59 Å². The normalized spacial score (nSPS) is 31.4. The van der Waals surface area contributed by atoms with E-state index in [1.165, 1.54) is 0 Å². The molecule has 1 amide bonds. The van der Waals surface area contributed by atoms with Crippen LogP contribution in [-0.2, 0) is 17.6 Å². The SMILES string of the molecule is C=C1C(C(N)=O)=C(C)[C@@H](C(C)C)[C@]2(C)C[C@]3(C)Cc4c(N(C)C)cc(CC)c(C)c4C(=O)C3=C(O)[C@]12C. The van der Waals surface area contributed by atoms with Gasteiger partial charge < -0.3 is 15.7 Å². The standard InChI is InChI=1S/C32H44N2O3/c1-12-20-13-22(34(10)11)21-14-30(7)15-31(8)25(16(2)3)18(5)23(29(33)37)19(6)32(31,9)28(36)26(30)27(35)24(21)17(20)4/h13,16,25,36H,6,12,14-15H2,1-5,7-11H3,(H2,33,37)/t25-,30+,31+,32+/m1/s1. The summed E-state index contributed by atoms with van der Waals surface area (Å²) < 4.78 is 0. The van der Waals surface area contributed by atoms with E-state index in [1.54, 1.807) is 0 Å². The van der Waals surface area contributed by atoms with Crippen LogP contribution >= 0.6 is 0 Å². The van der Waals surface area contributed by atoms with Crippen LogP contribution in [0.2, 0.25) is 0 Å². The van der Waals surface area contributed by atoms with Crippen molar-refractivity contribution < 1.29 is 14.7 Å². The molecule has 4 rings (SSSR count). The fourth-order valence-corrected chi connectivity index (χ4v) is 8.67. The van der Waals surface area contributed by atoms with Crippen molar-refractivity contribution in [2.45, 2.75) is 74.7 Å². The second kappa shape index (κ2) is 8.34. The summed E-state index contributed by atoms with van der Waals surface area (Å²) in [6.07, 6.45) is 2.18. The number of fused-ring (bicyclic) bond motifs is 3. The van der Waals surface area contributed by atoms with Crippen LogP contribution in [0.25, 0.3) is 0 Å². The van der Waals surface area contributed by atoms with E-state index in [9.17, 15) is 14.7 Å². The molecule has 0 saturated carbocycles. The van der Waals surface area contributed by atoms with Crippen molar-refractivity contribution >= 4 is 17.4 Å². The van der Waals surface area contributed by atoms with Gasteiger partial charge in [-0.2, -0.15) is 0 Å². The molecule has 1 aromatic rings. The highest BCUT2D eigenvalue weighted by Crippen LogP contribution is 2.71. The number of Topliss-reactive ketones (excluding diaryl/α,β-unsaturated/α-hetero) is 1. The van der Waals surface area contributed by atoms with Crippen molar-refractivity contribution in [3.05, 3.63) is 63.0 Å². The summed E-state index contributed by atoms with van der Waals surface area (Å²) in [6.45, 7) is 21.1. The molecule has 0 fully saturated rings. The van der Waals surface area contributed by atoms with E-state index < -0.39 is 22.2 Å². The van der Waals surface area contributed by atoms with Gasteiger partial charge >= 0.3 is 0 Å². The number of nitrogens with zero attached hydrogens (tertiary/aromatic N) is 1. The number of aliphatic hydroxyl groups excluding tert-OH is 1. The van der Waals surface area contributed by atoms with Gasteiger partial charge in [0, 0.05) is 41.9 Å². The number of rotatable bonds is 4. The molecule has 0 radical (unpaired) electrons. The van der Waals surface area contributed by atoms with Crippen LogP contribution in [-0.4, -0.2) is 30.9 Å². The molecule has 0 spiro atoms. The van der Waals surface area contributed by atoms with Crippen LogP contribution in [0.15, 0.2) is 40.7 Å². The number of hydrogen-bond acceptors (Lipinski definition) is 4. The number of nitrogens with two attached hydrogens (primary N) is 1. The number of amides is 1. The van der Waals surface area contributed by atoms with E-state index in [0.717, 1.165) is 39.9 Å². The first-order chi connectivity index (χ1) is 17.0. The highest BCUT2D eigenvalue weighted by Gasteiger charge is 2.66. The first-order valence-corrected chi connectivity index (χ1v) is 13.5. The highest BCUT2D eigenvalue weighted by molar-refractivity contribution is 6.14. The Morgan fingerprint density at radius 2 is 1.84 bits per heavy atom. The molecule has 3 N–H and O–H groups in total. The zero-order valence-electron chi connectivity index (χ0n) is 24.3. The lowest BCUT2D eigenvalue weighted by molar-refractivity contribution is -0.115. The van der Waals surface area contributed by atoms with Crippen molar-refractivity contribution in [1.29, 1.82) is 0 Å². The molecule has 200 valence electrons. The number of aliphatic hydroxyl groups is 1. The molecule has 0 bridgehead atoms. The Bertz CT molecular complexity index is 1310. The molecule has 0 aliphatic heterocycles. The molecule has 5 heteroatoms. The van der Waals surface area contributed by atoms with Crippen molar-refractivity contribution in [2.75, 3.05) is 19.0 Å². The topological polar surface area (TPSA) is 83.6 Å². The minimum Gasteiger partial charge on any atom is -0.511 e. The molecule has 4 atom stereocenters. The zero-order valence-corrected chi connectivity index (χ0v) is 24.3. The first kappa shape index (κ1) is 27.2. The van der Waals surface area contributed by atoms with Gasteiger partial charge in [0.05, 0.1) is 5.41 Å². The Balaban J connectivity index is 2.10. The number of primary amides is 1. The summed E-state index contributed by atoms with van der Waals surface area (Å²) in [5, 5.41) is 12.2. The van der Waals surface area contributed by atoms with Gasteiger partial charge in [0.25, 0.3) is 0 Å². The Hall–Kier alpha value is -2.82. The lowest BCUT2D eigenvalue weighted by atomic mass is 9.40. The third kappa shape index (κ3) is 3.28. The first-order valence-electron chi connectivity index (χ1n) is 13.5. The summed E-state index contributed by atoms with van der Waals surface area (Å²) >= 11 is 0. The second-order valence-electron chi connectivity index (χ2n) is 12.9. The van der Waals surface area contributed by atoms with Gasteiger partial charge in [0.15, 0.2) is 5.78 Å². The van der Waals surface area contributed by atoms with E-state index >= 15 is 0 Å². The zero-order chi connectivity index (χ0) is 28.0. The maximum Gasteiger partial charge on any atom is 0.248 e. The average Bonchev–Trinajstić information content (AvgIpc) is 2.75. The molecule has 3 aliphatic carbocycles. The van der Waals surface area contributed by atoms with Gasteiger partial charge in [0.1, 0.15) is 5.76 Å². The number of benzene rings is 1. The van der Waals surface area contributed by atoms with Gasteiger partial charge in [-0.25, -0.2) is 0 Å². The Morgan fingerprint density at radius 3 is 2.32 bits per heavy atom. The molecule has 1 aromatic carbocycles. The minimum atomic E-state index is -0.992. The molecule has 0 unspecified atom stereocenters. The predicted octanol–water partition coefficient (Wildman–Crippen LogP) is 6.24. The van der Waals surface area contributed by atoms with Crippen molar-refractivity contribution in [3.8, 4) is 0 Å². The summed E-state index contributed by atoms with van der Waals surface area (Å²) in [7, 11) is 4.05. The number of allylic oxidation sites excluding steroid dienone is 3. The Kier molecular flexibility index (Phi) is 6.14. The molecule has 0 saturated heterocycles. The lowest BCUT2D eigenvalue weighted by Crippen LogP contribution is -2.59. The molecule has 0 heterocycles. The van der Waals surface area contributed by atoms with E-state index in [2.05, 4.69) is 52.2 Å². The summed E-state index contributed by atoms with van der Waals surface area (Å²) in [4.78, 5) is 29.3. The van der Waals surface area contributed by atoms with Crippen LogP contribution in [0.3, 0.4) is 0 Å². The summed E-state index contributed by atoms with van der Waals surface area (Å²) in [5.41, 5.74) is 11.2. The van der Waals surface area contributed by atoms with Crippen LogP contribution in [0.1, 0.15) is 81.9 Å². The molecular weight excluding hydrogens is 460 g/mol. The van der Waals surface area contributed by atoms with E-state index in [1.807, 2.05) is 34.9 Å². The number of ketones is 1. The molecule has 0 aromatic heterocycles. The summed E-state index contributed by atoms with van der Waals surface area (Å²) in [5.74, 6) is -0.375. The maximum atomic E-state index is 14.5. The summed E-state index contributed by atoms with van der Waals surface area (Å²) in [6, 6.07) is 2.22.